The van der Waals surface area contributed by atoms with Gasteiger partial charge < -0.3 is 9.67 Å². The Kier molecular flexibility index (Phi) is 4.70. The largest absolute Gasteiger partial charge is 0.480 e. The van der Waals surface area contributed by atoms with E-state index < -0.39 is 12.0 Å². The zero-order valence-electron chi connectivity index (χ0n) is 14.2. The smallest absolute Gasteiger partial charge is 0.326 e. The van der Waals surface area contributed by atoms with Crippen molar-refractivity contribution < 1.29 is 9.90 Å². The second-order valence-electron chi connectivity index (χ2n) is 6.35. The Labute approximate surface area is 142 Å². The van der Waals surface area contributed by atoms with Crippen LogP contribution >= 0.6 is 0 Å². The van der Waals surface area contributed by atoms with Gasteiger partial charge in [0.15, 0.2) is 0 Å². The molecule has 0 aliphatic carbocycles. The van der Waals surface area contributed by atoms with Gasteiger partial charge in [-0.15, -0.1) is 0 Å². The van der Waals surface area contributed by atoms with E-state index in [2.05, 4.69) is 50.2 Å². The van der Waals surface area contributed by atoms with Gasteiger partial charge in [-0.2, -0.15) is 0 Å². The molecule has 1 unspecified atom stereocenters. The highest BCUT2D eigenvalue weighted by atomic mass is 16.4. The Balaban J connectivity index is 1.85. The first kappa shape index (κ1) is 16.3. The predicted octanol–water partition coefficient (Wildman–Crippen LogP) is 4.77. The summed E-state index contributed by atoms with van der Waals surface area (Å²) in [4.78, 5) is 11.8. The number of carbonyl (C=O) groups is 1. The number of nitrogens with zero attached hydrogens (tertiary/aromatic N) is 1. The second-order valence-corrected chi connectivity index (χ2v) is 6.35. The summed E-state index contributed by atoms with van der Waals surface area (Å²) in [6.45, 7) is 4.18. The van der Waals surface area contributed by atoms with Crippen LogP contribution in [0.3, 0.4) is 0 Å². The molecule has 0 aliphatic rings. The SMILES string of the molecule is CCc1ccc2c(ccn2C(CCc2ccc(C)cc2)C(=O)O)c1. The summed E-state index contributed by atoms with van der Waals surface area (Å²) in [6.07, 6.45) is 4.22. The van der Waals surface area contributed by atoms with Gasteiger partial charge in [-0.1, -0.05) is 42.8 Å². The molecule has 1 N–H and O–H groups in total. The van der Waals surface area contributed by atoms with E-state index in [1.54, 1.807) is 0 Å². The van der Waals surface area contributed by atoms with Crippen molar-refractivity contribution in [3.05, 3.63) is 71.4 Å². The van der Waals surface area contributed by atoms with Gasteiger partial charge in [0.25, 0.3) is 0 Å². The zero-order valence-corrected chi connectivity index (χ0v) is 14.2. The summed E-state index contributed by atoms with van der Waals surface area (Å²) in [5.41, 5.74) is 4.66. The Morgan fingerprint density at radius 2 is 1.79 bits per heavy atom. The van der Waals surface area contributed by atoms with Gasteiger partial charge in [0, 0.05) is 11.7 Å². The van der Waals surface area contributed by atoms with E-state index in [0.717, 1.165) is 23.7 Å². The third-order valence-corrected chi connectivity index (χ3v) is 4.64. The average Bonchev–Trinajstić information content (AvgIpc) is 2.99. The summed E-state index contributed by atoms with van der Waals surface area (Å²) in [7, 11) is 0. The second kappa shape index (κ2) is 6.91. The minimum Gasteiger partial charge on any atom is -0.480 e. The van der Waals surface area contributed by atoms with Crippen molar-refractivity contribution in [1.29, 1.82) is 0 Å². The number of hydrogen-bond acceptors (Lipinski definition) is 1. The number of fused-ring (bicyclic) bond motifs is 1. The number of aromatic nitrogens is 1. The Hall–Kier alpha value is -2.55. The third-order valence-electron chi connectivity index (χ3n) is 4.64. The van der Waals surface area contributed by atoms with Crippen LogP contribution in [0.25, 0.3) is 10.9 Å². The molecule has 3 rings (SSSR count). The summed E-state index contributed by atoms with van der Waals surface area (Å²) in [5.74, 6) is -0.779. The van der Waals surface area contributed by atoms with Crippen LogP contribution in [0, 0.1) is 6.92 Å². The highest BCUT2D eigenvalue weighted by Gasteiger charge is 2.20. The van der Waals surface area contributed by atoms with E-state index in [-0.39, 0.29) is 0 Å². The van der Waals surface area contributed by atoms with E-state index in [0.29, 0.717) is 6.42 Å². The molecule has 0 aliphatic heterocycles. The predicted molar refractivity (Wildman–Crippen MR) is 97.5 cm³/mol. The van der Waals surface area contributed by atoms with Crippen molar-refractivity contribution in [3.63, 3.8) is 0 Å². The maximum atomic E-state index is 11.8. The van der Waals surface area contributed by atoms with Gasteiger partial charge >= 0.3 is 5.97 Å². The molecule has 2 aromatic carbocycles. The molecule has 0 saturated heterocycles. The van der Waals surface area contributed by atoms with Gasteiger partial charge in [0.2, 0.25) is 0 Å². The fourth-order valence-corrected chi connectivity index (χ4v) is 3.14. The number of carboxylic acid groups (broad SMARTS) is 1. The summed E-state index contributed by atoms with van der Waals surface area (Å²) in [6, 6.07) is 16.0. The van der Waals surface area contributed by atoms with Crippen LogP contribution in [0.4, 0.5) is 0 Å². The van der Waals surface area contributed by atoms with Crippen molar-refractivity contribution in [1.82, 2.24) is 4.57 Å². The van der Waals surface area contributed by atoms with Gasteiger partial charge in [-0.05, 0) is 60.9 Å². The van der Waals surface area contributed by atoms with Crippen molar-refractivity contribution in [2.75, 3.05) is 0 Å². The zero-order chi connectivity index (χ0) is 17.1. The van der Waals surface area contributed by atoms with Crippen molar-refractivity contribution in [3.8, 4) is 0 Å². The standard InChI is InChI=1S/C21H23NO2/c1-3-16-8-10-19-18(14-16)12-13-22(19)20(21(23)24)11-9-17-6-4-15(2)5-7-17/h4-8,10,12-14,20H,3,9,11H2,1-2H3,(H,23,24). The average molecular weight is 321 g/mol. The maximum Gasteiger partial charge on any atom is 0.326 e. The molecule has 1 heterocycles. The molecule has 24 heavy (non-hydrogen) atoms. The molecule has 3 nitrogen and oxygen atoms in total. The molecular formula is C21H23NO2. The van der Waals surface area contributed by atoms with Crippen LogP contribution in [-0.4, -0.2) is 15.6 Å². The fraction of sp³-hybridized carbons (Fsp3) is 0.286. The molecule has 0 radical (unpaired) electrons. The molecule has 0 amide bonds. The lowest BCUT2D eigenvalue weighted by molar-refractivity contribution is -0.141. The molecule has 0 fully saturated rings. The summed E-state index contributed by atoms with van der Waals surface area (Å²) < 4.78 is 1.89. The maximum absolute atomic E-state index is 11.8. The minimum absolute atomic E-state index is 0.545. The van der Waals surface area contributed by atoms with Crippen LogP contribution in [0.15, 0.2) is 54.7 Å². The van der Waals surface area contributed by atoms with Crippen molar-refractivity contribution >= 4 is 16.9 Å². The molecule has 1 atom stereocenters. The molecule has 3 aromatic rings. The van der Waals surface area contributed by atoms with Gasteiger partial charge in [-0.25, -0.2) is 4.79 Å². The van der Waals surface area contributed by atoms with Crippen LogP contribution in [0.1, 0.15) is 36.1 Å². The Morgan fingerprint density at radius 3 is 2.46 bits per heavy atom. The van der Waals surface area contributed by atoms with Crippen molar-refractivity contribution in [2.45, 2.75) is 39.2 Å². The van der Waals surface area contributed by atoms with Gasteiger partial charge in [-0.3, -0.25) is 0 Å². The van der Waals surface area contributed by atoms with Crippen LogP contribution in [0.5, 0.6) is 0 Å². The lowest BCUT2D eigenvalue weighted by Gasteiger charge is -2.16. The number of benzene rings is 2. The van der Waals surface area contributed by atoms with Crippen LogP contribution in [-0.2, 0) is 17.6 Å². The number of aliphatic carboxylic acids is 1. The topological polar surface area (TPSA) is 42.2 Å². The molecular weight excluding hydrogens is 298 g/mol. The van der Waals surface area contributed by atoms with E-state index >= 15 is 0 Å². The van der Waals surface area contributed by atoms with E-state index in [9.17, 15) is 9.90 Å². The fourth-order valence-electron chi connectivity index (χ4n) is 3.14. The van der Waals surface area contributed by atoms with Crippen LogP contribution < -0.4 is 0 Å². The van der Waals surface area contributed by atoms with Gasteiger partial charge in [0.1, 0.15) is 6.04 Å². The number of aryl methyl sites for hydroxylation is 3. The first-order chi connectivity index (χ1) is 11.6. The summed E-state index contributed by atoms with van der Waals surface area (Å²) in [5, 5.41) is 10.8. The molecule has 3 heteroatoms. The van der Waals surface area contributed by atoms with E-state index in [1.165, 1.54) is 16.7 Å². The quantitative estimate of drug-likeness (QED) is 0.710. The molecule has 124 valence electrons. The third kappa shape index (κ3) is 3.35. The minimum atomic E-state index is -0.779. The molecule has 0 spiro atoms. The summed E-state index contributed by atoms with van der Waals surface area (Å²) >= 11 is 0. The lowest BCUT2D eigenvalue weighted by atomic mass is 10.0. The van der Waals surface area contributed by atoms with Crippen LogP contribution in [0.2, 0.25) is 0 Å². The first-order valence-corrected chi connectivity index (χ1v) is 8.46. The van der Waals surface area contributed by atoms with E-state index in [1.807, 2.05) is 22.9 Å². The number of rotatable bonds is 6. The monoisotopic (exact) mass is 321 g/mol. The molecule has 1 aromatic heterocycles. The first-order valence-electron chi connectivity index (χ1n) is 8.46. The molecule has 0 saturated carbocycles. The number of carboxylic acids is 1. The van der Waals surface area contributed by atoms with E-state index in [4.69, 9.17) is 0 Å². The lowest BCUT2D eigenvalue weighted by Crippen LogP contribution is -2.19. The van der Waals surface area contributed by atoms with Crippen molar-refractivity contribution in [2.24, 2.45) is 0 Å². The molecule has 0 bridgehead atoms. The Bertz CT molecular complexity index is 846. The highest BCUT2D eigenvalue weighted by molar-refractivity contribution is 5.83. The Morgan fingerprint density at radius 1 is 1.08 bits per heavy atom. The van der Waals surface area contributed by atoms with Gasteiger partial charge in [0.05, 0.1) is 0 Å². The number of hydrogen-bond donors (Lipinski definition) is 1. The highest BCUT2D eigenvalue weighted by Crippen LogP contribution is 2.25. The normalized spacial score (nSPS) is 12.4.